The normalized spacial score (nSPS) is 22.6. The van der Waals surface area contributed by atoms with Crippen LogP contribution < -0.4 is 16.6 Å². The average Bonchev–Trinajstić information content (AvgIpc) is 2.46. The number of aromatic nitrogens is 2. The summed E-state index contributed by atoms with van der Waals surface area (Å²) < 4.78 is 5.03. The van der Waals surface area contributed by atoms with Crippen LogP contribution >= 0.6 is 0 Å². The van der Waals surface area contributed by atoms with Gasteiger partial charge >= 0.3 is 0 Å². The van der Waals surface area contributed by atoms with Gasteiger partial charge in [-0.1, -0.05) is 12.8 Å². The Morgan fingerprint density at radius 3 is 2.80 bits per heavy atom. The largest absolute Gasteiger partial charge is 0.393 e. The number of aliphatic hydroxyl groups is 1. The number of nitrogens with one attached hydrogen (secondary N) is 2. The summed E-state index contributed by atoms with van der Waals surface area (Å²) in [5.74, 6) is 7.47. The lowest BCUT2D eigenvalue weighted by Gasteiger charge is -2.27. The van der Waals surface area contributed by atoms with Crippen molar-refractivity contribution in [3.8, 4) is 0 Å². The van der Waals surface area contributed by atoms with Crippen LogP contribution in [0.15, 0.2) is 6.07 Å². The maximum Gasteiger partial charge on any atom is 0.158 e. The molecule has 2 atom stereocenters. The van der Waals surface area contributed by atoms with E-state index in [0.717, 1.165) is 19.3 Å². The number of nitrogen functional groups attached to an aromatic ring is 1. The zero-order valence-corrected chi connectivity index (χ0v) is 11.8. The Kier molecular flexibility index (Phi) is 5.51. The number of rotatable bonds is 6. The Morgan fingerprint density at radius 2 is 2.10 bits per heavy atom. The molecule has 1 aromatic rings. The molecule has 0 aliphatic heterocycles. The molecule has 112 valence electrons. The summed E-state index contributed by atoms with van der Waals surface area (Å²) in [6.45, 7) is 1.03. The molecule has 5 N–H and O–H groups in total. The van der Waals surface area contributed by atoms with Gasteiger partial charge in [0, 0.05) is 25.6 Å². The van der Waals surface area contributed by atoms with E-state index in [1.165, 1.54) is 6.42 Å². The minimum Gasteiger partial charge on any atom is -0.393 e. The zero-order valence-electron chi connectivity index (χ0n) is 11.8. The molecule has 2 rings (SSSR count). The fourth-order valence-electron chi connectivity index (χ4n) is 2.52. The van der Waals surface area contributed by atoms with Crippen LogP contribution in [0, 0.1) is 5.92 Å². The Balaban J connectivity index is 1.98. The van der Waals surface area contributed by atoms with E-state index in [4.69, 9.17) is 10.6 Å². The third kappa shape index (κ3) is 4.03. The second-order valence-electron chi connectivity index (χ2n) is 5.12. The van der Waals surface area contributed by atoms with Crippen LogP contribution in [0.5, 0.6) is 0 Å². The zero-order chi connectivity index (χ0) is 14.4. The topological polar surface area (TPSA) is 105 Å². The first-order valence-electron chi connectivity index (χ1n) is 6.98. The molecule has 1 aliphatic carbocycles. The lowest BCUT2D eigenvalue weighted by atomic mass is 9.86. The van der Waals surface area contributed by atoms with Crippen molar-refractivity contribution < 1.29 is 9.84 Å². The summed E-state index contributed by atoms with van der Waals surface area (Å²) in [5.41, 5.74) is 2.52. The Labute approximate surface area is 118 Å². The van der Waals surface area contributed by atoms with Gasteiger partial charge in [-0.3, -0.25) is 0 Å². The van der Waals surface area contributed by atoms with Gasteiger partial charge in [0.2, 0.25) is 0 Å². The molecule has 20 heavy (non-hydrogen) atoms. The predicted octanol–water partition coefficient (Wildman–Crippen LogP) is 0.872. The van der Waals surface area contributed by atoms with Crippen molar-refractivity contribution in [3.05, 3.63) is 11.9 Å². The van der Waals surface area contributed by atoms with E-state index in [2.05, 4.69) is 20.7 Å². The molecule has 0 saturated heterocycles. The van der Waals surface area contributed by atoms with E-state index >= 15 is 0 Å². The maximum atomic E-state index is 9.96. The molecular formula is C13H23N5O2. The van der Waals surface area contributed by atoms with E-state index in [1.54, 1.807) is 13.2 Å². The molecule has 1 fully saturated rings. The summed E-state index contributed by atoms with van der Waals surface area (Å²) in [7, 11) is 1.59. The maximum absolute atomic E-state index is 9.96. The van der Waals surface area contributed by atoms with Gasteiger partial charge in [0.1, 0.15) is 18.2 Å². The van der Waals surface area contributed by atoms with Crippen LogP contribution in [0.1, 0.15) is 31.5 Å². The molecule has 0 aromatic carbocycles. The summed E-state index contributed by atoms with van der Waals surface area (Å²) in [6, 6.07) is 1.74. The van der Waals surface area contributed by atoms with Crippen molar-refractivity contribution in [1.82, 2.24) is 9.97 Å². The number of nitrogens with zero attached hydrogens (tertiary/aromatic N) is 2. The molecule has 7 nitrogen and oxygen atoms in total. The van der Waals surface area contributed by atoms with Crippen LogP contribution in [-0.4, -0.2) is 34.8 Å². The molecule has 1 saturated carbocycles. The number of nitrogens with two attached hydrogens (primary N) is 1. The number of hydrogen-bond donors (Lipinski definition) is 4. The highest BCUT2D eigenvalue weighted by atomic mass is 16.5. The summed E-state index contributed by atoms with van der Waals surface area (Å²) in [4.78, 5) is 8.55. The second kappa shape index (κ2) is 7.37. The van der Waals surface area contributed by atoms with E-state index in [0.29, 0.717) is 30.6 Å². The smallest absolute Gasteiger partial charge is 0.158 e. The predicted molar refractivity (Wildman–Crippen MR) is 77.0 cm³/mol. The third-order valence-corrected chi connectivity index (χ3v) is 3.61. The fourth-order valence-corrected chi connectivity index (χ4v) is 2.52. The lowest BCUT2D eigenvalue weighted by molar-refractivity contribution is 0.0763. The molecule has 2 unspecified atom stereocenters. The van der Waals surface area contributed by atoms with E-state index in [1.807, 2.05) is 0 Å². The molecule has 7 heteroatoms. The first-order valence-corrected chi connectivity index (χ1v) is 6.98. The van der Waals surface area contributed by atoms with Gasteiger partial charge in [-0.15, -0.1) is 0 Å². The fraction of sp³-hybridized carbons (Fsp3) is 0.692. The number of hydrogen-bond acceptors (Lipinski definition) is 7. The Bertz CT molecular complexity index is 429. The SMILES string of the molecule is COCc1nc(NN)cc(NCC2CCCCC2O)n1. The highest BCUT2D eigenvalue weighted by Gasteiger charge is 2.22. The second-order valence-corrected chi connectivity index (χ2v) is 5.12. The van der Waals surface area contributed by atoms with E-state index in [9.17, 15) is 5.11 Å². The molecule has 1 aromatic heterocycles. The average molecular weight is 281 g/mol. The Morgan fingerprint density at radius 1 is 1.35 bits per heavy atom. The Hall–Kier alpha value is -1.44. The molecular weight excluding hydrogens is 258 g/mol. The number of anilines is 2. The standard InChI is InChI=1S/C13H23N5O2/c1-20-8-13-16-11(6-12(17-13)18-14)15-7-9-4-2-3-5-10(9)19/h6,9-10,19H,2-5,7-8,14H2,1H3,(H2,15,16,17,18). The first-order chi connectivity index (χ1) is 9.72. The van der Waals surface area contributed by atoms with Gasteiger partial charge < -0.3 is 20.6 Å². The van der Waals surface area contributed by atoms with Crippen molar-refractivity contribution in [2.75, 3.05) is 24.4 Å². The molecule has 1 aliphatic rings. The number of ether oxygens (including phenoxy) is 1. The van der Waals surface area contributed by atoms with Gasteiger partial charge in [0.25, 0.3) is 0 Å². The number of aliphatic hydroxyl groups excluding tert-OH is 1. The van der Waals surface area contributed by atoms with Crippen LogP contribution in [-0.2, 0) is 11.3 Å². The molecule has 1 heterocycles. The van der Waals surface area contributed by atoms with Gasteiger partial charge in [0.15, 0.2) is 5.82 Å². The molecule has 0 bridgehead atoms. The van der Waals surface area contributed by atoms with Gasteiger partial charge in [-0.2, -0.15) is 0 Å². The van der Waals surface area contributed by atoms with Gasteiger partial charge in [-0.25, -0.2) is 15.8 Å². The van der Waals surface area contributed by atoms with Crippen LogP contribution in [0.2, 0.25) is 0 Å². The van der Waals surface area contributed by atoms with Crippen LogP contribution in [0.25, 0.3) is 0 Å². The number of hydrazine groups is 1. The molecule has 0 spiro atoms. The van der Waals surface area contributed by atoms with Crippen LogP contribution in [0.3, 0.4) is 0 Å². The van der Waals surface area contributed by atoms with Gasteiger partial charge in [-0.05, 0) is 12.8 Å². The van der Waals surface area contributed by atoms with Crippen molar-refractivity contribution in [3.63, 3.8) is 0 Å². The quantitative estimate of drug-likeness (QED) is 0.453. The van der Waals surface area contributed by atoms with Crippen molar-refractivity contribution in [2.45, 2.75) is 38.4 Å². The van der Waals surface area contributed by atoms with Gasteiger partial charge in [0.05, 0.1) is 6.10 Å². The summed E-state index contributed by atoms with van der Waals surface area (Å²) in [6.07, 6.45) is 4.01. The van der Waals surface area contributed by atoms with Crippen molar-refractivity contribution in [1.29, 1.82) is 0 Å². The molecule has 0 amide bonds. The minimum absolute atomic E-state index is 0.219. The van der Waals surface area contributed by atoms with Crippen molar-refractivity contribution >= 4 is 11.6 Å². The van der Waals surface area contributed by atoms with E-state index < -0.39 is 0 Å². The third-order valence-electron chi connectivity index (χ3n) is 3.61. The highest BCUT2D eigenvalue weighted by Crippen LogP contribution is 2.24. The monoisotopic (exact) mass is 281 g/mol. The minimum atomic E-state index is -0.219. The number of methoxy groups -OCH3 is 1. The highest BCUT2D eigenvalue weighted by molar-refractivity contribution is 5.46. The van der Waals surface area contributed by atoms with E-state index in [-0.39, 0.29) is 12.0 Å². The summed E-state index contributed by atoms with van der Waals surface area (Å²) >= 11 is 0. The summed E-state index contributed by atoms with van der Waals surface area (Å²) in [5, 5.41) is 13.2. The lowest BCUT2D eigenvalue weighted by Crippen LogP contribution is -2.30. The first kappa shape index (κ1) is 15.0. The van der Waals surface area contributed by atoms with Crippen LogP contribution in [0.4, 0.5) is 11.6 Å². The van der Waals surface area contributed by atoms with Crippen molar-refractivity contribution in [2.24, 2.45) is 11.8 Å². The molecule has 0 radical (unpaired) electrons.